The van der Waals surface area contributed by atoms with Gasteiger partial charge < -0.3 is 20.5 Å². The largest absolute Gasteiger partial charge is 0.491 e. The lowest BCUT2D eigenvalue weighted by atomic mass is 10.1. The fraction of sp³-hybridized carbons (Fsp3) is 0.562. The highest BCUT2D eigenvalue weighted by Gasteiger charge is 2.12. The number of carbonyl (C=O) groups excluding carboxylic acids is 1. The summed E-state index contributed by atoms with van der Waals surface area (Å²) in [6.07, 6.45) is 0.920. The molecule has 1 saturated heterocycles. The summed E-state index contributed by atoms with van der Waals surface area (Å²) >= 11 is 0. The summed E-state index contributed by atoms with van der Waals surface area (Å²) in [4.78, 5) is 14.4. The van der Waals surface area contributed by atoms with Crippen LogP contribution in [-0.4, -0.2) is 56.8 Å². The molecule has 122 valence electrons. The van der Waals surface area contributed by atoms with Gasteiger partial charge in [0.25, 0.3) is 5.91 Å². The first-order chi connectivity index (χ1) is 10.7. The van der Waals surface area contributed by atoms with E-state index >= 15 is 0 Å². The summed E-state index contributed by atoms with van der Waals surface area (Å²) < 4.78 is 10.8. The summed E-state index contributed by atoms with van der Waals surface area (Å²) in [6.45, 7) is 7.49. The average Bonchev–Trinajstić information content (AvgIpc) is 2.54. The van der Waals surface area contributed by atoms with Crippen LogP contribution in [0.15, 0.2) is 18.2 Å². The zero-order valence-electron chi connectivity index (χ0n) is 13.1. The summed E-state index contributed by atoms with van der Waals surface area (Å²) in [5, 5.41) is 2.92. The van der Waals surface area contributed by atoms with E-state index in [0.29, 0.717) is 30.2 Å². The second-order valence-electron chi connectivity index (χ2n) is 5.31. The molecule has 1 heterocycles. The van der Waals surface area contributed by atoms with Gasteiger partial charge >= 0.3 is 0 Å². The average molecular weight is 307 g/mol. The van der Waals surface area contributed by atoms with Gasteiger partial charge in [-0.05, 0) is 24.6 Å². The van der Waals surface area contributed by atoms with Gasteiger partial charge in [0, 0.05) is 31.7 Å². The lowest BCUT2D eigenvalue weighted by molar-refractivity contribution is 0.0383. The van der Waals surface area contributed by atoms with Crippen LogP contribution in [0.2, 0.25) is 0 Å². The van der Waals surface area contributed by atoms with Crippen molar-refractivity contribution in [3.8, 4) is 5.75 Å². The highest BCUT2D eigenvalue weighted by atomic mass is 16.5. The molecule has 0 aromatic heterocycles. The molecule has 0 spiro atoms. The molecule has 22 heavy (non-hydrogen) atoms. The third-order valence-electron chi connectivity index (χ3n) is 3.55. The maximum absolute atomic E-state index is 12.1. The molecule has 6 nitrogen and oxygen atoms in total. The summed E-state index contributed by atoms with van der Waals surface area (Å²) in [5.74, 6) is 0.522. The van der Waals surface area contributed by atoms with Crippen molar-refractivity contribution < 1.29 is 14.3 Å². The number of carbonyl (C=O) groups is 1. The van der Waals surface area contributed by atoms with E-state index in [0.717, 1.165) is 39.3 Å². The van der Waals surface area contributed by atoms with Crippen molar-refractivity contribution in [2.45, 2.75) is 13.3 Å². The van der Waals surface area contributed by atoms with Gasteiger partial charge in [-0.15, -0.1) is 0 Å². The van der Waals surface area contributed by atoms with E-state index in [1.165, 1.54) is 0 Å². The number of hydrogen-bond donors (Lipinski definition) is 2. The third-order valence-corrected chi connectivity index (χ3v) is 3.55. The molecule has 1 aliphatic rings. The minimum Gasteiger partial charge on any atom is -0.491 e. The Morgan fingerprint density at radius 2 is 2.18 bits per heavy atom. The number of anilines is 1. The Kier molecular flexibility index (Phi) is 6.48. The monoisotopic (exact) mass is 307 g/mol. The number of rotatable bonds is 7. The van der Waals surface area contributed by atoms with Crippen LogP contribution in [0.3, 0.4) is 0 Å². The molecular formula is C16H25N3O3. The molecule has 2 rings (SSSR count). The zero-order chi connectivity index (χ0) is 15.8. The molecule has 0 aliphatic carbocycles. The molecule has 0 bridgehead atoms. The Morgan fingerprint density at radius 3 is 2.86 bits per heavy atom. The smallest absolute Gasteiger partial charge is 0.251 e. The molecule has 0 saturated carbocycles. The molecule has 3 N–H and O–H groups in total. The predicted octanol–water partition coefficient (Wildman–Crippen LogP) is 1.12. The van der Waals surface area contributed by atoms with Gasteiger partial charge in [-0.1, -0.05) is 6.92 Å². The number of nitrogens with one attached hydrogen (secondary N) is 1. The van der Waals surface area contributed by atoms with E-state index < -0.39 is 0 Å². The van der Waals surface area contributed by atoms with Crippen LogP contribution in [0.1, 0.15) is 23.7 Å². The van der Waals surface area contributed by atoms with E-state index in [9.17, 15) is 4.79 Å². The van der Waals surface area contributed by atoms with Crippen molar-refractivity contribution in [1.29, 1.82) is 0 Å². The number of ether oxygens (including phenoxy) is 2. The molecule has 1 fully saturated rings. The maximum atomic E-state index is 12.1. The van der Waals surface area contributed by atoms with E-state index in [2.05, 4.69) is 10.2 Å². The first kappa shape index (κ1) is 16.6. The molecular weight excluding hydrogens is 282 g/mol. The zero-order valence-corrected chi connectivity index (χ0v) is 13.1. The first-order valence-corrected chi connectivity index (χ1v) is 7.81. The topological polar surface area (TPSA) is 76.8 Å². The molecule has 6 heteroatoms. The fourth-order valence-electron chi connectivity index (χ4n) is 2.29. The number of benzene rings is 1. The lowest BCUT2D eigenvalue weighted by Crippen LogP contribution is -2.41. The van der Waals surface area contributed by atoms with Crippen molar-refractivity contribution >= 4 is 11.6 Å². The van der Waals surface area contributed by atoms with E-state index in [1.807, 2.05) is 6.92 Å². The number of amides is 1. The van der Waals surface area contributed by atoms with E-state index in [4.69, 9.17) is 15.2 Å². The highest BCUT2D eigenvalue weighted by molar-refractivity contribution is 5.95. The van der Waals surface area contributed by atoms with Crippen molar-refractivity contribution in [3.05, 3.63) is 23.8 Å². The van der Waals surface area contributed by atoms with Gasteiger partial charge in [0.2, 0.25) is 0 Å². The number of nitrogens with zero attached hydrogens (tertiary/aromatic N) is 1. The van der Waals surface area contributed by atoms with Crippen LogP contribution >= 0.6 is 0 Å². The van der Waals surface area contributed by atoms with Crippen LogP contribution in [0.4, 0.5) is 5.69 Å². The minimum atomic E-state index is -0.109. The van der Waals surface area contributed by atoms with Crippen LogP contribution in [-0.2, 0) is 4.74 Å². The van der Waals surface area contributed by atoms with Gasteiger partial charge in [0.05, 0.1) is 25.5 Å². The second-order valence-corrected chi connectivity index (χ2v) is 5.31. The Labute approximate surface area is 131 Å². The van der Waals surface area contributed by atoms with Gasteiger partial charge in [0.15, 0.2) is 0 Å². The molecule has 0 atom stereocenters. The van der Waals surface area contributed by atoms with Crippen LogP contribution in [0.5, 0.6) is 5.75 Å². The summed E-state index contributed by atoms with van der Waals surface area (Å²) in [5.41, 5.74) is 6.97. The third kappa shape index (κ3) is 4.89. The number of nitrogens with two attached hydrogens (primary N) is 1. The van der Waals surface area contributed by atoms with Crippen LogP contribution < -0.4 is 15.8 Å². The number of nitrogen functional groups attached to an aromatic ring is 1. The molecule has 0 radical (unpaired) electrons. The Hall–Kier alpha value is -1.79. The Morgan fingerprint density at radius 1 is 1.41 bits per heavy atom. The summed E-state index contributed by atoms with van der Waals surface area (Å²) in [6, 6.07) is 5.16. The van der Waals surface area contributed by atoms with Gasteiger partial charge in [-0.2, -0.15) is 0 Å². The van der Waals surface area contributed by atoms with Crippen molar-refractivity contribution in [2.75, 3.05) is 51.7 Å². The van der Waals surface area contributed by atoms with Crippen LogP contribution in [0.25, 0.3) is 0 Å². The fourth-order valence-corrected chi connectivity index (χ4v) is 2.29. The maximum Gasteiger partial charge on any atom is 0.251 e. The molecule has 0 unspecified atom stereocenters. The van der Waals surface area contributed by atoms with Gasteiger partial charge in [-0.25, -0.2) is 0 Å². The standard InChI is InChI=1S/C16H25N3O3/c1-2-9-22-15-4-3-13(12-14(15)17)16(20)18-5-6-19-7-10-21-11-8-19/h3-4,12H,2,5-11,17H2,1H3,(H,18,20). The normalized spacial score (nSPS) is 15.5. The Bertz CT molecular complexity index is 488. The minimum absolute atomic E-state index is 0.109. The predicted molar refractivity (Wildman–Crippen MR) is 86.2 cm³/mol. The number of hydrogen-bond acceptors (Lipinski definition) is 5. The molecule has 1 aromatic carbocycles. The van der Waals surface area contributed by atoms with E-state index in [1.54, 1.807) is 18.2 Å². The van der Waals surface area contributed by atoms with Crippen LogP contribution in [0, 0.1) is 0 Å². The second kappa shape index (κ2) is 8.60. The Balaban J connectivity index is 1.80. The lowest BCUT2D eigenvalue weighted by Gasteiger charge is -2.26. The van der Waals surface area contributed by atoms with Crippen molar-refractivity contribution in [3.63, 3.8) is 0 Å². The van der Waals surface area contributed by atoms with E-state index in [-0.39, 0.29) is 5.91 Å². The molecule has 1 aromatic rings. The quantitative estimate of drug-likeness (QED) is 0.738. The van der Waals surface area contributed by atoms with Gasteiger partial charge in [0.1, 0.15) is 5.75 Å². The highest BCUT2D eigenvalue weighted by Crippen LogP contribution is 2.22. The van der Waals surface area contributed by atoms with Crippen molar-refractivity contribution in [2.24, 2.45) is 0 Å². The number of morpholine rings is 1. The molecule has 1 aliphatic heterocycles. The first-order valence-electron chi connectivity index (χ1n) is 7.81. The SMILES string of the molecule is CCCOc1ccc(C(=O)NCCN2CCOCC2)cc1N. The summed E-state index contributed by atoms with van der Waals surface area (Å²) in [7, 11) is 0. The van der Waals surface area contributed by atoms with Gasteiger partial charge in [-0.3, -0.25) is 9.69 Å². The van der Waals surface area contributed by atoms with Crippen molar-refractivity contribution in [1.82, 2.24) is 10.2 Å². The molecule has 1 amide bonds.